The van der Waals surface area contributed by atoms with Crippen LogP contribution >= 0.6 is 0 Å². The van der Waals surface area contributed by atoms with Crippen molar-refractivity contribution >= 4 is 5.97 Å². The van der Waals surface area contributed by atoms with Crippen LogP contribution in [0.1, 0.15) is 131 Å². The molecule has 5 aliphatic carbocycles. The largest absolute Gasteiger partial charge is 0.504 e. The first-order valence-electron chi connectivity index (χ1n) is 18.0. The van der Waals surface area contributed by atoms with Crippen molar-refractivity contribution in [3.05, 3.63) is 23.8 Å². The van der Waals surface area contributed by atoms with Gasteiger partial charge in [-0.05, 0) is 140 Å². The number of esters is 1. The predicted octanol–water partition coefficient (Wildman–Crippen LogP) is 7.93. The average molecular weight is 625 g/mol. The van der Waals surface area contributed by atoms with Crippen molar-refractivity contribution in [3.63, 3.8) is 0 Å². The second-order valence-corrected chi connectivity index (χ2v) is 18.3. The fourth-order valence-electron chi connectivity index (χ4n) is 13.1. The molecule has 5 aliphatic rings. The van der Waals surface area contributed by atoms with Gasteiger partial charge in [0.05, 0.1) is 11.7 Å². The Bertz CT molecular complexity index is 1300. The topological polar surface area (TPSA) is 107 Å². The van der Waals surface area contributed by atoms with E-state index in [2.05, 4.69) is 48.5 Å². The first kappa shape index (κ1) is 33.1. The molecule has 0 aromatic heterocycles. The predicted molar refractivity (Wildman–Crippen MR) is 176 cm³/mol. The summed E-state index contributed by atoms with van der Waals surface area (Å²) in [5, 5.41) is 43.1. The number of aliphatic hydroxyl groups excluding tert-OH is 1. The highest BCUT2D eigenvalue weighted by Crippen LogP contribution is 2.72. The van der Waals surface area contributed by atoms with E-state index < -0.39 is 5.60 Å². The Kier molecular flexibility index (Phi) is 8.00. The van der Waals surface area contributed by atoms with Crippen LogP contribution in [0.25, 0.3) is 0 Å². The van der Waals surface area contributed by atoms with Gasteiger partial charge in [0.15, 0.2) is 11.5 Å². The molecular formula is C39H60O6. The molecule has 10 unspecified atom stereocenters. The molecular weight excluding hydrogens is 564 g/mol. The first-order valence-corrected chi connectivity index (χ1v) is 18.0. The Morgan fingerprint density at radius 3 is 2.09 bits per heavy atom. The Morgan fingerprint density at radius 2 is 1.38 bits per heavy atom. The number of carbonyl (C=O) groups is 1. The molecule has 0 amide bonds. The molecule has 0 spiro atoms. The summed E-state index contributed by atoms with van der Waals surface area (Å²) in [5.41, 5.74) is 0.119. The zero-order valence-electron chi connectivity index (χ0n) is 29.0. The fourth-order valence-corrected chi connectivity index (χ4v) is 13.1. The minimum absolute atomic E-state index is 0.0455. The lowest BCUT2D eigenvalue weighted by Crippen LogP contribution is -2.62. The number of aryl methyl sites for hydroxylation is 1. The van der Waals surface area contributed by atoms with Crippen LogP contribution in [0.5, 0.6) is 11.5 Å². The summed E-state index contributed by atoms with van der Waals surface area (Å²) < 4.78 is 6.24. The standard InChI is InChI=1S/C39H60O6/c1-34(2)27-15-21-39(44)23-36(5)18-14-28-35(3,4)32(45-33(43)13-9-24-8-10-25(40)26(41)22-24)17-20-37(28,6)29(36)11-12-30(39)38(27,7)19-16-31(34)42/h8,10,22,27-32,40-42,44H,9,11-21,23H2,1-7H3. The van der Waals surface area contributed by atoms with Crippen molar-refractivity contribution in [2.45, 2.75) is 150 Å². The molecule has 6 rings (SSSR count). The van der Waals surface area contributed by atoms with Gasteiger partial charge in [0, 0.05) is 11.8 Å². The van der Waals surface area contributed by atoms with Gasteiger partial charge in [-0.25, -0.2) is 0 Å². The lowest BCUT2D eigenvalue weighted by molar-refractivity contribution is -0.214. The number of rotatable bonds is 4. The van der Waals surface area contributed by atoms with Gasteiger partial charge in [-0.3, -0.25) is 4.79 Å². The zero-order chi connectivity index (χ0) is 32.8. The van der Waals surface area contributed by atoms with E-state index >= 15 is 0 Å². The molecule has 5 saturated carbocycles. The second-order valence-electron chi connectivity index (χ2n) is 18.3. The first-order chi connectivity index (χ1) is 20.9. The van der Waals surface area contributed by atoms with E-state index in [9.17, 15) is 25.2 Å². The van der Waals surface area contributed by atoms with Crippen molar-refractivity contribution in [2.24, 2.45) is 50.7 Å². The molecule has 0 radical (unpaired) electrons. The maximum Gasteiger partial charge on any atom is 0.306 e. The molecule has 1 aromatic carbocycles. The molecule has 4 N–H and O–H groups in total. The number of phenolic OH excluding ortho intramolecular Hbond substituents is 2. The highest BCUT2D eigenvalue weighted by Gasteiger charge is 2.67. The summed E-state index contributed by atoms with van der Waals surface area (Å²) in [5.74, 6) is 1.12. The molecule has 0 bridgehead atoms. The van der Waals surface area contributed by atoms with Crippen LogP contribution in [0.15, 0.2) is 18.2 Å². The molecule has 0 heterocycles. The highest BCUT2D eigenvalue weighted by molar-refractivity contribution is 5.70. The maximum absolute atomic E-state index is 13.1. The molecule has 0 saturated heterocycles. The number of benzene rings is 1. The van der Waals surface area contributed by atoms with Gasteiger partial charge < -0.3 is 25.2 Å². The summed E-state index contributed by atoms with van der Waals surface area (Å²) >= 11 is 0. The van der Waals surface area contributed by atoms with E-state index in [1.54, 1.807) is 6.07 Å². The van der Waals surface area contributed by atoms with Crippen LogP contribution in [0.2, 0.25) is 0 Å². The third-order valence-electron chi connectivity index (χ3n) is 15.3. The molecule has 6 nitrogen and oxygen atoms in total. The molecule has 10 atom stereocenters. The summed E-state index contributed by atoms with van der Waals surface area (Å²) in [6.07, 6.45) is 11.2. The van der Waals surface area contributed by atoms with Gasteiger partial charge in [0.25, 0.3) is 0 Å². The van der Waals surface area contributed by atoms with Crippen LogP contribution in [0.3, 0.4) is 0 Å². The Hall–Kier alpha value is -1.79. The number of hydrogen-bond donors (Lipinski definition) is 4. The van der Waals surface area contributed by atoms with Crippen LogP contribution in [-0.2, 0) is 16.0 Å². The lowest BCUT2D eigenvalue weighted by atomic mass is 9.41. The summed E-state index contributed by atoms with van der Waals surface area (Å²) in [4.78, 5) is 13.1. The molecule has 0 aliphatic heterocycles. The van der Waals surface area contributed by atoms with Crippen molar-refractivity contribution in [1.29, 1.82) is 0 Å². The van der Waals surface area contributed by atoms with Crippen molar-refractivity contribution in [3.8, 4) is 11.5 Å². The summed E-state index contributed by atoms with van der Waals surface area (Å²) in [6.45, 7) is 16.6. The Morgan fingerprint density at radius 1 is 0.756 bits per heavy atom. The van der Waals surface area contributed by atoms with Gasteiger partial charge in [-0.2, -0.15) is 0 Å². The maximum atomic E-state index is 13.1. The Labute approximate surface area is 271 Å². The normalized spacial score (nSPS) is 45.2. The van der Waals surface area contributed by atoms with Crippen LogP contribution < -0.4 is 0 Å². The number of aliphatic hydroxyl groups is 2. The SMILES string of the molecule is CC12CCC3C(C)(C)C(OC(=O)CCc4ccc(O)c(O)c4)CCC3(C)C1CCC1C(O)(CCC3C(C)(C)C(O)CCC13C)C2. The summed E-state index contributed by atoms with van der Waals surface area (Å²) in [6, 6.07) is 4.70. The van der Waals surface area contributed by atoms with Gasteiger partial charge >= 0.3 is 5.97 Å². The number of aromatic hydroxyl groups is 2. The molecule has 1 aromatic rings. The summed E-state index contributed by atoms with van der Waals surface area (Å²) in [7, 11) is 0. The third-order valence-corrected chi connectivity index (χ3v) is 15.3. The molecule has 5 fully saturated rings. The van der Waals surface area contributed by atoms with E-state index in [4.69, 9.17) is 4.74 Å². The average Bonchev–Trinajstić information content (AvgIpc) is 3.07. The number of phenols is 2. The monoisotopic (exact) mass is 624 g/mol. The van der Waals surface area contributed by atoms with E-state index in [0.717, 1.165) is 76.2 Å². The van der Waals surface area contributed by atoms with Crippen molar-refractivity contribution in [2.75, 3.05) is 0 Å². The Balaban J connectivity index is 1.19. The van der Waals surface area contributed by atoms with Crippen LogP contribution in [-0.4, -0.2) is 44.2 Å². The van der Waals surface area contributed by atoms with E-state index in [-0.39, 0.29) is 69.1 Å². The van der Waals surface area contributed by atoms with Crippen LogP contribution in [0.4, 0.5) is 0 Å². The lowest BCUT2D eigenvalue weighted by Gasteiger charge is -2.65. The number of carbonyl (C=O) groups excluding carboxylic acids is 1. The number of hydrogen-bond acceptors (Lipinski definition) is 6. The molecule has 45 heavy (non-hydrogen) atoms. The minimum Gasteiger partial charge on any atom is -0.504 e. The zero-order valence-corrected chi connectivity index (χ0v) is 29.0. The van der Waals surface area contributed by atoms with Crippen molar-refractivity contribution in [1.82, 2.24) is 0 Å². The molecule has 252 valence electrons. The van der Waals surface area contributed by atoms with Crippen molar-refractivity contribution < 1.29 is 30.0 Å². The minimum atomic E-state index is -0.646. The van der Waals surface area contributed by atoms with E-state index in [1.807, 2.05) is 0 Å². The fraction of sp³-hybridized carbons (Fsp3) is 0.821. The smallest absolute Gasteiger partial charge is 0.306 e. The van der Waals surface area contributed by atoms with Gasteiger partial charge in [0.2, 0.25) is 0 Å². The number of fused-ring (bicyclic) bond motifs is 6. The van der Waals surface area contributed by atoms with Gasteiger partial charge in [0.1, 0.15) is 6.10 Å². The number of ether oxygens (including phenoxy) is 1. The van der Waals surface area contributed by atoms with E-state index in [0.29, 0.717) is 24.2 Å². The highest BCUT2D eigenvalue weighted by atomic mass is 16.5. The van der Waals surface area contributed by atoms with E-state index in [1.165, 1.54) is 12.1 Å². The van der Waals surface area contributed by atoms with Crippen LogP contribution in [0, 0.1) is 50.7 Å². The third kappa shape index (κ3) is 5.14. The molecule has 6 heteroatoms. The quantitative estimate of drug-likeness (QED) is 0.200. The second kappa shape index (κ2) is 10.9. The van der Waals surface area contributed by atoms with Gasteiger partial charge in [-0.1, -0.05) is 54.5 Å². The van der Waals surface area contributed by atoms with Gasteiger partial charge in [-0.15, -0.1) is 0 Å².